The topological polar surface area (TPSA) is 71.5 Å². The summed E-state index contributed by atoms with van der Waals surface area (Å²) in [6.07, 6.45) is 4.08. The highest BCUT2D eigenvalue weighted by Crippen LogP contribution is 2.21. The van der Waals surface area contributed by atoms with Crippen molar-refractivity contribution in [1.82, 2.24) is 15.2 Å². The number of hydrogen-bond donors (Lipinski definition) is 1. The Morgan fingerprint density at radius 1 is 1.27 bits per heavy atom. The maximum absolute atomic E-state index is 12.4. The molecule has 0 unspecified atom stereocenters. The molecule has 1 aromatic carbocycles. The molecule has 1 saturated heterocycles. The van der Waals surface area contributed by atoms with Crippen LogP contribution in [0.1, 0.15) is 29.6 Å². The van der Waals surface area contributed by atoms with Crippen molar-refractivity contribution in [3.8, 4) is 17.0 Å². The molecule has 6 nitrogen and oxygen atoms in total. The molecule has 1 fully saturated rings. The highest BCUT2D eigenvalue weighted by atomic mass is 16.5. The molecule has 136 valence electrons. The molecule has 6 heteroatoms. The monoisotopic (exact) mass is 353 g/mol. The van der Waals surface area contributed by atoms with Crippen molar-refractivity contribution in [1.29, 1.82) is 0 Å². The Kier molecular flexibility index (Phi) is 5.84. The minimum absolute atomic E-state index is 0.110. The van der Waals surface area contributed by atoms with Crippen LogP contribution in [0.4, 0.5) is 0 Å². The van der Waals surface area contributed by atoms with Gasteiger partial charge >= 0.3 is 0 Å². The van der Waals surface area contributed by atoms with Crippen LogP contribution in [0.3, 0.4) is 0 Å². The number of likely N-dealkylation sites (tertiary alicyclic amines) is 1. The number of aromatic nitrogens is 1. The molecule has 2 amide bonds. The first kappa shape index (κ1) is 17.9. The van der Waals surface area contributed by atoms with Gasteiger partial charge in [-0.25, -0.2) is 4.98 Å². The van der Waals surface area contributed by atoms with Crippen LogP contribution in [-0.2, 0) is 4.79 Å². The number of carbonyl (C=O) groups excluding carboxylic acids is 2. The number of pyridine rings is 1. The standard InChI is InChI=1S/C20H23N3O3/c1-26-18-9-8-17(14-22-18)15-5-2-6-16(13-15)20(25)21-10-4-12-23-11-3-7-19(23)24/h2,5-6,8-9,13-14H,3-4,7,10-12H2,1H3,(H,21,25). The Morgan fingerprint density at radius 3 is 2.85 bits per heavy atom. The summed E-state index contributed by atoms with van der Waals surface area (Å²) in [4.78, 5) is 30.0. The third kappa shape index (κ3) is 4.39. The van der Waals surface area contributed by atoms with Crippen molar-refractivity contribution in [3.05, 3.63) is 48.2 Å². The van der Waals surface area contributed by atoms with E-state index >= 15 is 0 Å². The SMILES string of the molecule is COc1ccc(-c2cccc(C(=O)NCCCN3CCCC3=O)c2)cn1. The molecule has 26 heavy (non-hydrogen) atoms. The molecule has 0 radical (unpaired) electrons. The molecule has 0 atom stereocenters. The molecule has 0 aliphatic carbocycles. The molecule has 0 saturated carbocycles. The number of rotatable bonds is 7. The molecule has 1 N–H and O–H groups in total. The van der Waals surface area contributed by atoms with Crippen molar-refractivity contribution in [2.45, 2.75) is 19.3 Å². The Labute approximate surface area is 153 Å². The minimum atomic E-state index is -0.110. The van der Waals surface area contributed by atoms with Crippen molar-refractivity contribution < 1.29 is 14.3 Å². The van der Waals surface area contributed by atoms with Gasteiger partial charge in [0, 0.05) is 49.4 Å². The van der Waals surface area contributed by atoms with Gasteiger partial charge in [-0.05, 0) is 36.6 Å². The van der Waals surface area contributed by atoms with Gasteiger partial charge in [-0.2, -0.15) is 0 Å². The molecule has 0 bridgehead atoms. The summed E-state index contributed by atoms with van der Waals surface area (Å²) in [6.45, 7) is 2.10. The van der Waals surface area contributed by atoms with E-state index in [2.05, 4.69) is 10.3 Å². The van der Waals surface area contributed by atoms with E-state index in [1.807, 2.05) is 29.2 Å². The first-order chi connectivity index (χ1) is 12.7. The van der Waals surface area contributed by atoms with Gasteiger partial charge in [-0.15, -0.1) is 0 Å². The molecule has 2 aromatic rings. The van der Waals surface area contributed by atoms with Gasteiger partial charge in [0.05, 0.1) is 7.11 Å². The second kappa shape index (κ2) is 8.47. The maximum atomic E-state index is 12.4. The average Bonchev–Trinajstić information content (AvgIpc) is 3.10. The van der Waals surface area contributed by atoms with Crippen molar-refractivity contribution in [2.75, 3.05) is 26.7 Å². The molecule has 0 spiro atoms. The second-order valence-corrected chi connectivity index (χ2v) is 6.26. The van der Waals surface area contributed by atoms with E-state index in [0.717, 1.165) is 30.5 Å². The summed E-state index contributed by atoms with van der Waals surface area (Å²) in [5, 5.41) is 2.92. The molecular weight excluding hydrogens is 330 g/mol. The third-order valence-corrected chi connectivity index (χ3v) is 4.47. The normalized spacial score (nSPS) is 13.7. The lowest BCUT2D eigenvalue weighted by Gasteiger charge is -2.15. The largest absolute Gasteiger partial charge is 0.481 e. The first-order valence-corrected chi connectivity index (χ1v) is 8.84. The minimum Gasteiger partial charge on any atom is -0.481 e. The van der Waals surface area contributed by atoms with Gasteiger partial charge in [-0.3, -0.25) is 9.59 Å². The summed E-state index contributed by atoms with van der Waals surface area (Å²) in [5.41, 5.74) is 2.46. The number of ether oxygens (including phenoxy) is 1. The number of benzene rings is 1. The van der Waals surface area contributed by atoms with Crippen molar-refractivity contribution in [3.63, 3.8) is 0 Å². The van der Waals surface area contributed by atoms with Gasteiger partial charge in [0.2, 0.25) is 11.8 Å². The van der Waals surface area contributed by atoms with E-state index in [9.17, 15) is 9.59 Å². The zero-order chi connectivity index (χ0) is 18.4. The van der Waals surface area contributed by atoms with Crippen molar-refractivity contribution in [2.24, 2.45) is 0 Å². The summed E-state index contributed by atoms with van der Waals surface area (Å²) >= 11 is 0. The number of nitrogens with one attached hydrogen (secondary N) is 1. The fourth-order valence-electron chi connectivity index (χ4n) is 3.03. The van der Waals surface area contributed by atoms with Crippen LogP contribution < -0.4 is 10.1 Å². The number of carbonyl (C=O) groups is 2. The number of nitrogens with zero attached hydrogens (tertiary/aromatic N) is 2. The Balaban J connectivity index is 1.54. The Morgan fingerprint density at radius 2 is 2.15 bits per heavy atom. The second-order valence-electron chi connectivity index (χ2n) is 6.26. The fraction of sp³-hybridized carbons (Fsp3) is 0.350. The van der Waals surface area contributed by atoms with Gasteiger partial charge in [0.1, 0.15) is 0 Å². The van der Waals surface area contributed by atoms with E-state index in [1.54, 1.807) is 25.4 Å². The Hall–Kier alpha value is -2.89. The summed E-state index contributed by atoms with van der Waals surface area (Å²) in [7, 11) is 1.58. The number of hydrogen-bond acceptors (Lipinski definition) is 4. The zero-order valence-electron chi connectivity index (χ0n) is 14.9. The van der Waals surface area contributed by atoms with Crippen LogP contribution in [0.2, 0.25) is 0 Å². The maximum Gasteiger partial charge on any atom is 0.251 e. The predicted octanol–water partition coefficient (Wildman–Crippen LogP) is 2.50. The zero-order valence-corrected chi connectivity index (χ0v) is 14.9. The quantitative estimate of drug-likeness (QED) is 0.777. The molecule has 1 aliphatic heterocycles. The number of methoxy groups -OCH3 is 1. The van der Waals surface area contributed by atoms with E-state index in [0.29, 0.717) is 31.0 Å². The average molecular weight is 353 g/mol. The van der Waals surface area contributed by atoms with Crippen LogP contribution in [-0.4, -0.2) is 48.4 Å². The molecule has 3 rings (SSSR count). The van der Waals surface area contributed by atoms with E-state index < -0.39 is 0 Å². The lowest BCUT2D eigenvalue weighted by Crippen LogP contribution is -2.30. The van der Waals surface area contributed by atoms with Crippen LogP contribution in [0, 0.1) is 0 Å². The van der Waals surface area contributed by atoms with Crippen molar-refractivity contribution >= 4 is 11.8 Å². The van der Waals surface area contributed by atoms with Gasteiger partial charge < -0.3 is 15.0 Å². The molecular formula is C20H23N3O3. The number of amides is 2. The van der Waals surface area contributed by atoms with Crippen LogP contribution in [0.25, 0.3) is 11.1 Å². The predicted molar refractivity (Wildman–Crippen MR) is 99.0 cm³/mol. The van der Waals surface area contributed by atoms with E-state index in [-0.39, 0.29) is 11.8 Å². The van der Waals surface area contributed by atoms with E-state index in [4.69, 9.17) is 4.74 Å². The summed E-state index contributed by atoms with van der Waals surface area (Å²) in [5.74, 6) is 0.664. The smallest absolute Gasteiger partial charge is 0.251 e. The highest BCUT2D eigenvalue weighted by Gasteiger charge is 2.19. The van der Waals surface area contributed by atoms with Crippen LogP contribution >= 0.6 is 0 Å². The molecule has 1 aromatic heterocycles. The third-order valence-electron chi connectivity index (χ3n) is 4.47. The summed E-state index contributed by atoms with van der Waals surface area (Å²) < 4.78 is 5.07. The first-order valence-electron chi connectivity index (χ1n) is 8.84. The van der Waals surface area contributed by atoms with Gasteiger partial charge in [-0.1, -0.05) is 12.1 Å². The summed E-state index contributed by atoms with van der Waals surface area (Å²) in [6, 6.07) is 11.1. The van der Waals surface area contributed by atoms with Gasteiger partial charge in [0.25, 0.3) is 5.91 Å². The van der Waals surface area contributed by atoms with Crippen LogP contribution in [0.15, 0.2) is 42.6 Å². The molecule has 2 heterocycles. The molecule has 1 aliphatic rings. The lowest BCUT2D eigenvalue weighted by atomic mass is 10.0. The fourth-order valence-corrected chi connectivity index (χ4v) is 3.03. The lowest BCUT2D eigenvalue weighted by molar-refractivity contribution is -0.127. The highest BCUT2D eigenvalue weighted by molar-refractivity contribution is 5.95. The van der Waals surface area contributed by atoms with Gasteiger partial charge in [0.15, 0.2) is 0 Å². The Bertz CT molecular complexity index is 774. The van der Waals surface area contributed by atoms with Crippen LogP contribution in [0.5, 0.6) is 5.88 Å². The van der Waals surface area contributed by atoms with E-state index in [1.165, 1.54) is 0 Å².